The minimum Gasteiger partial charge on any atom is -0.373 e. The Morgan fingerprint density at radius 1 is 1.20 bits per heavy atom. The molecular weight excluding hydrogens is 312 g/mol. The highest BCUT2D eigenvalue weighted by Crippen LogP contribution is 2.51. The first-order chi connectivity index (χ1) is 12.1. The molecule has 3 aliphatic rings. The van der Waals surface area contributed by atoms with E-state index in [0.717, 1.165) is 24.6 Å². The molecule has 2 N–H and O–H groups in total. The monoisotopic (exact) mass is 342 g/mol. The summed E-state index contributed by atoms with van der Waals surface area (Å²) in [4.78, 5) is 14.3. The maximum atomic E-state index is 11.7. The van der Waals surface area contributed by atoms with Gasteiger partial charge in [0.1, 0.15) is 5.60 Å². The fourth-order valence-corrected chi connectivity index (χ4v) is 5.55. The third kappa shape index (κ3) is 2.89. The lowest BCUT2D eigenvalue weighted by molar-refractivity contribution is -0.171. The van der Waals surface area contributed by atoms with Crippen molar-refractivity contribution in [3.05, 3.63) is 35.4 Å². The van der Waals surface area contributed by atoms with Crippen molar-refractivity contribution in [1.82, 2.24) is 4.90 Å². The van der Waals surface area contributed by atoms with Crippen molar-refractivity contribution in [2.45, 2.75) is 44.1 Å². The first-order valence-corrected chi connectivity index (χ1v) is 9.81. The second kappa shape index (κ2) is 6.73. The lowest BCUT2D eigenvalue weighted by Crippen LogP contribution is -2.59. The van der Waals surface area contributed by atoms with E-state index >= 15 is 0 Å². The Morgan fingerprint density at radius 2 is 1.88 bits per heavy atom. The van der Waals surface area contributed by atoms with Gasteiger partial charge in [-0.3, -0.25) is 4.79 Å². The molecule has 1 saturated heterocycles. The Kier molecular flexibility index (Phi) is 4.59. The second-order valence-electron chi connectivity index (χ2n) is 8.28. The summed E-state index contributed by atoms with van der Waals surface area (Å²) in [6, 6.07) is 7.85. The second-order valence-corrected chi connectivity index (χ2v) is 8.28. The number of carbonyl (C=O) groups is 1. The molecule has 1 amide bonds. The molecule has 2 aliphatic carbocycles. The number of primary amides is 1. The number of likely N-dealkylation sites (tertiary alicyclic amines) is 1. The van der Waals surface area contributed by atoms with Gasteiger partial charge >= 0.3 is 0 Å². The molecule has 3 fully saturated rings. The summed E-state index contributed by atoms with van der Waals surface area (Å²) in [6.45, 7) is 3.48. The molecule has 0 radical (unpaired) electrons. The molecule has 2 atom stereocenters. The van der Waals surface area contributed by atoms with Crippen molar-refractivity contribution in [3.8, 4) is 0 Å². The molecule has 4 heteroatoms. The average Bonchev–Trinajstić information content (AvgIpc) is 2.57. The van der Waals surface area contributed by atoms with Gasteiger partial charge in [0.05, 0.1) is 0 Å². The van der Waals surface area contributed by atoms with E-state index < -0.39 is 0 Å². The lowest BCUT2D eigenvalue weighted by atomic mass is 9.62. The quantitative estimate of drug-likeness (QED) is 0.894. The van der Waals surface area contributed by atoms with Crippen LogP contribution in [0.15, 0.2) is 24.3 Å². The molecule has 1 aliphatic heterocycles. The highest BCUT2D eigenvalue weighted by molar-refractivity contribution is 5.92. The van der Waals surface area contributed by atoms with Crippen LogP contribution in [0.4, 0.5) is 0 Å². The molecule has 2 unspecified atom stereocenters. The summed E-state index contributed by atoms with van der Waals surface area (Å²) >= 11 is 0. The molecule has 1 heterocycles. The Hall–Kier alpha value is -1.39. The molecule has 1 aromatic rings. The van der Waals surface area contributed by atoms with Gasteiger partial charge in [-0.25, -0.2) is 0 Å². The molecule has 0 spiro atoms. The van der Waals surface area contributed by atoms with E-state index in [9.17, 15) is 4.79 Å². The average molecular weight is 342 g/mol. The van der Waals surface area contributed by atoms with Crippen LogP contribution in [0.25, 0.3) is 0 Å². The summed E-state index contributed by atoms with van der Waals surface area (Å²) < 4.78 is 6.28. The van der Waals surface area contributed by atoms with Crippen LogP contribution in [0.5, 0.6) is 0 Å². The maximum absolute atomic E-state index is 11.7. The number of ether oxygens (including phenoxy) is 1. The van der Waals surface area contributed by atoms with Gasteiger partial charge < -0.3 is 15.4 Å². The minimum atomic E-state index is -0.360. The first kappa shape index (κ1) is 17.0. The van der Waals surface area contributed by atoms with Gasteiger partial charge in [-0.05, 0) is 49.3 Å². The van der Waals surface area contributed by atoms with Gasteiger partial charge in [0.25, 0.3) is 0 Å². The van der Waals surface area contributed by atoms with Crippen molar-refractivity contribution >= 4 is 5.91 Å². The predicted molar refractivity (Wildman–Crippen MR) is 98.3 cm³/mol. The smallest absolute Gasteiger partial charge is 0.248 e. The number of piperidine rings is 1. The van der Waals surface area contributed by atoms with Gasteiger partial charge in [0, 0.05) is 44.1 Å². The maximum Gasteiger partial charge on any atom is 0.248 e. The first-order valence-electron chi connectivity index (χ1n) is 9.81. The van der Waals surface area contributed by atoms with Gasteiger partial charge in [-0.1, -0.05) is 25.0 Å². The highest BCUT2D eigenvalue weighted by Gasteiger charge is 2.53. The Labute approximate surface area is 150 Å². The van der Waals surface area contributed by atoms with Crippen molar-refractivity contribution in [3.63, 3.8) is 0 Å². The van der Waals surface area contributed by atoms with Gasteiger partial charge in [-0.2, -0.15) is 0 Å². The molecular formula is C21H30N2O2. The number of carbonyl (C=O) groups excluding carboxylic acids is 1. The van der Waals surface area contributed by atoms with E-state index in [1.54, 1.807) is 6.07 Å². The summed E-state index contributed by atoms with van der Waals surface area (Å²) in [7, 11) is 1.85. The summed E-state index contributed by atoms with van der Waals surface area (Å²) in [5.74, 6) is 1.54. The summed E-state index contributed by atoms with van der Waals surface area (Å²) in [5.41, 5.74) is 6.99. The number of amides is 1. The number of fused-ring (bicyclic) bond motifs is 2. The van der Waals surface area contributed by atoms with Gasteiger partial charge in [0.15, 0.2) is 0 Å². The topological polar surface area (TPSA) is 55.6 Å². The fraction of sp³-hybridized carbons (Fsp3) is 0.667. The van der Waals surface area contributed by atoms with Crippen LogP contribution in [-0.4, -0.2) is 37.6 Å². The number of methoxy groups -OCH3 is 1. The van der Waals surface area contributed by atoms with E-state index in [1.165, 1.54) is 45.1 Å². The number of hydrogen-bond donors (Lipinski definition) is 1. The fourth-order valence-electron chi connectivity index (χ4n) is 5.55. The van der Waals surface area contributed by atoms with Crippen molar-refractivity contribution < 1.29 is 9.53 Å². The third-order valence-corrected chi connectivity index (χ3v) is 6.95. The zero-order chi connectivity index (χ0) is 17.4. The van der Waals surface area contributed by atoms with Crippen LogP contribution in [0, 0.1) is 17.8 Å². The number of rotatable bonds is 5. The lowest BCUT2D eigenvalue weighted by Gasteiger charge is -2.56. The SMILES string of the molecule is COC1(c2cccc(C(N)=O)c2)C2CCCC1CN(CC1CCC1)C2. The highest BCUT2D eigenvalue weighted by atomic mass is 16.5. The standard InChI is InChI=1S/C21H30N2O2/c1-25-21(17-8-3-7-16(11-17)20(22)24)18-9-4-10-19(21)14-23(13-18)12-15-5-2-6-15/h3,7-8,11,15,18-19H,2,4-6,9-10,12-14H2,1H3,(H2,22,24). The summed E-state index contributed by atoms with van der Waals surface area (Å²) in [5, 5.41) is 0. The van der Waals surface area contributed by atoms with E-state index in [1.807, 2.05) is 19.2 Å². The zero-order valence-electron chi connectivity index (χ0n) is 15.2. The van der Waals surface area contributed by atoms with Crippen LogP contribution >= 0.6 is 0 Å². The van der Waals surface area contributed by atoms with Crippen molar-refractivity contribution in [2.24, 2.45) is 23.5 Å². The predicted octanol–water partition coefficient (Wildman–Crippen LogP) is 3.16. The molecule has 0 aromatic heterocycles. The number of benzene rings is 1. The van der Waals surface area contributed by atoms with Crippen LogP contribution in [0.3, 0.4) is 0 Å². The van der Waals surface area contributed by atoms with Crippen LogP contribution in [0.2, 0.25) is 0 Å². The van der Waals surface area contributed by atoms with Crippen LogP contribution in [0.1, 0.15) is 54.4 Å². The van der Waals surface area contributed by atoms with E-state index in [-0.39, 0.29) is 11.5 Å². The van der Waals surface area contributed by atoms with E-state index in [4.69, 9.17) is 10.5 Å². The van der Waals surface area contributed by atoms with Gasteiger partial charge in [0.2, 0.25) is 5.91 Å². The molecule has 2 saturated carbocycles. The number of nitrogens with zero attached hydrogens (tertiary/aromatic N) is 1. The van der Waals surface area contributed by atoms with Crippen LogP contribution in [-0.2, 0) is 10.3 Å². The van der Waals surface area contributed by atoms with E-state index in [0.29, 0.717) is 17.4 Å². The molecule has 25 heavy (non-hydrogen) atoms. The molecule has 136 valence electrons. The largest absolute Gasteiger partial charge is 0.373 e. The van der Waals surface area contributed by atoms with Gasteiger partial charge in [-0.15, -0.1) is 0 Å². The Bertz CT molecular complexity index is 627. The minimum absolute atomic E-state index is 0.264. The molecule has 1 aromatic carbocycles. The normalized spacial score (nSPS) is 33.0. The van der Waals surface area contributed by atoms with Crippen molar-refractivity contribution in [1.29, 1.82) is 0 Å². The van der Waals surface area contributed by atoms with E-state index in [2.05, 4.69) is 11.0 Å². The summed E-state index contributed by atoms with van der Waals surface area (Å²) in [6.07, 6.45) is 7.91. The third-order valence-electron chi connectivity index (χ3n) is 6.95. The van der Waals surface area contributed by atoms with Crippen LogP contribution < -0.4 is 5.73 Å². The molecule has 4 rings (SSSR count). The molecule has 2 bridgehead atoms. The van der Waals surface area contributed by atoms with Crippen molar-refractivity contribution in [2.75, 3.05) is 26.7 Å². The zero-order valence-corrected chi connectivity index (χ0v) is 15.2. The molecule has 4 nitrogen and oxygen atoms in total. The Morgan fingerprint density at radius 3 is 2.44 bits per heavy atom. The Balaban J connectivity index is 1.64. The number of nitrogens with two attached hydrogens (primary N) is 1. The number of hydrogen-bond acceptors (Lipinski definition) is 3.